The summed E-state index contributed by atoms with van der Waals surface area (Å²) in [4.78, 5) is 57.1. The first kappa shape index (κ1) is 36.5. The number of piperidine rings is 1. The predicted octanol–water partition coefficient (Wildman–Crippen LogP) is 2.73. The number of fused-ring (bicyclic) bond motifs is 1. The van der Waals surface area contributed by atoms with Gasteiger partial charge in [0.05, 0.1) is 11.0 Å². The minimum absolute atomic E-state index is 0.0557. The molecule has 0 spiro atoms. The Morgan fingerprint density at radius 2 is 1.73 bits per heavy atom. The van der Waals surface area contributed by atoms with E-state index in [0.29, 0.717) is 38.5 Å². The van der Waals surface area contributed by atoms with Crippen molar-refractivity contribution in [2.24, 2.45) is 0 Å². The molecule has 2 fully saturated rings. The number of carboxylic acids is 1. The van der Waals surface area contributed by atoms with Gasteiger partial charge in [-0.3, -0.25) is 9.69 Å². The lowest BCUT2D eigenvalue weighted by Gasteiger charge is -2.36. The maximum absolute atomic E-state index is 14.7. The number of urea groups is 2. The summed E-state index contributed by atoms with van der Waals surface area (Å²) >= 11 is 6.20. The Labute approximate surface area is 300 Å². The fourth-order valence-electron chi connectivity index (χ4n) is 6.73. The van der Waals surface area contributed by atoms with Gasteiger partial charge in [0.1, 0.15) is 28.9 Å². The third-order valence-corrected chi connectivity index (χ3v) is 9.79. The molecule has 6 rings (SSSR count). The summed E-state index contributed by atoms with van der Waals surface area (Å²) < 4.78 is 34.1. The van der Waals surface area contributed by atoms with Crippen LogP contribution in [-0.2, 0) is 17.8 Å². The molecule has 3 aliphatic heterocycles. The molecule has 7 N–H and O–H groups in total. The Morgan fingerprint density at radius 1 is 1.00 bits per heavy atom. The number of hydrogen-bond donors (Lipinski definition) is 7. The molecule has 0 aromatic heterocycles. The first-order valence-electron chi connectivity index (χ1n) is 16.2. The van der Waals surface area contributed by atoms with Gasteiger partial charge in [-0.15, -0.1) is 0 Å². The van der Waals surface area contributed by atoms with Gasteiger partial charge in [-0.05, 0) is 54.7 Å². The van der Waals surface area contributed by atoms with Crippen LogP contribution in [0.2, 0.25) is 5.02 Å². The van der Waals surface area contributed by atoms with Crippen molar-refractivity contribution in [3.05, 3.63) is 81.4 Å². The van der Waals surface area contributed by atoms with Crippen molar-refractivity contribution in [2.45, 2.75) is 43.8 Å². The van der Waals surface area contributed by atoms with E-state index in [9.17, 15) is 53.4 Å². The van der Waals surface area contributed by atoms with E-state index >= 15 is 0 Å². The van der Waals surface area contributed by atoms with Gasteiger partial charge in [0.2, 0.25) is 5.91 Å². The first-order chi connectivity index (χ1) is 24.7. The monoisotopic (exact) mass is 743 g/mol. The van der Waals surface area contributed by atoms with Crippen molar-refractivity contribution in [3.63, 3.8) is 0 Å². The Hall–Kier alpha value is -5.33. The number of carbonyl (C=O) groups is 4. The number of carbonyl (C=O) groups excluding carboxylic acids is 3. The fraction of sp³-hybridized carbons (Fsp3) is 0.333. The number of amides is 5. The molecule has 1 unspecified atom stereocenters. The van der Waals surface area contributed by atoms with Gasteiger partial charge in [0, 0.05) is 44.3 Å². The highest BCUT2D eigenvalue weighted by molar-refractivity contribution is 6.47. The van der Waals surface area contributed by atoms with E-state index < -0.39 is 88.1 Å². The van der Waals surface area contributed by atoms with E-state index in [1.54, 1.807) is 23.1 Å². The number of hydrogen-bond acceptors (Lipinski definition) is 10. The number of nitrogens with zero attached hydrogens (tertiary/aromatic N) is 3. The van der Waals surface area contributed by atoms with Gasteiger partial charge in [-0.25, -0.2) is 28.1 Å². The maximum atomic E-state index is 14.7. The normalized spacial score (nSPS) is 18.5. The van der Waals surface area contributed by atoms with Crippen LogP contribution in [0.5, 0.6) is 23.0 Å². The SMILES string of the molecule is O=C(O)c1c(F)ccc2c1OB(O)[C@@H](NC(=O)C(NC(=O)N1CCN(C3CCN(Cc4cccc(O)c4)CC3)C1=O)c1cc(F)c(O)c(O)c1Cl)C2. The molecule has 2 saturated heterocycles. The molecule has 0 radical (unpaired) electrons. The van der Waals surface area contributed by atoms with Crippen molar-refractivity contribution in [2.75, 3.05) is 26.2 Å². The van der Waals surface area contributed by atoms with Crippen LogP contribution in [0.1, 0.15) is 45.9 Å². The summed E-state index contributed by atoms with van der Waals surface area (Å²) in [5, 5.41) is 54.0. The van der Waals surface area contributed by atoms with Gasteiger partial charge in [-0.1, -0.05) is 29.8 Å². The Balaban J connectivity index is 1.17. The molecule has 3 aromatic carbocycles. The number of phenolic OH excluding ortho intramolecular Hbond substituents is 3. The van der Waals surface area contributed by atoms with Crippen molar-refractivity contribution in [3.8, 4) is 23.0 Å². The number of halogens is 3. The minimum Gasteiger partial charge on any atom is -0.534 e. The standard InChI is InChI=1S/C33H33BClF2N5O10/c35-25-20(14-22(37)27(44)28(25)45)26(30(46)38-23-13-17-4-5-21(36)24(31(47)48)29(17)52-34(23)51)39-32(49)42-11-10-41(33(42)50)18-6-8-40(9-7-18)15-16-2-1-3-19(43)12-16/h1-5,12,14,18,23,26,43-45,51H,6-11,13,15H2,(H,38,46)(H,39,49)(H,47,48)/t23-,26?/m0/s1. The lowest BCUT2D eigenvalue weighted by atomic mass is 9.72. The van der Waals surface area contributed by atoms with E-state index in [1.807, 2.05) is 6.07 Å². The van der Waals surface area contributed by atoms with Crippen LogP contribution < -0.4 is 15.3 Å². The number of nitrogens with one attached hydrogen (secondary N) is 2. The van der Waals surface area contributed by atoms with Crippen molar-refractivity contribution in [1.82, 2.24) is 25.3 Å². The summed E-state index contributed by atoms with van der Waals surface area (Å²) in [6.07, 6.45) is 0.961. The molecule has 52 heavy (non-hydrogen) atoms. The number of aromatic carboxylic acids is 1. The maximum Gasteiger partial charge on any atom is 0.547 e. The molecule has 2 atom stereocenters. The highest BCUT2D eigenvalue weighted by Gasteiger charge is 2.43. The lowest BCUT2D eigenvalue weighted by molar-refractivity contribution is -0.123. The van der Waals surface area contributed by atoms with Crippen LogP contribution >= 0.6 is 11.6 Å². The van der Waals surface area contributed by atoms with Crippen LogP contribution in [0.25, 0.3) is 0 Å². The van der Waals surface area contributed by atoms with Crippen LogP contribution in [0.4, 0.5) is 18.4 Å². The second-order valence-corrected chi connectivity index (χ2v) is 13.1. The molecule has 3 aromatic rings. The zero-order valence-electron chi connectivity index (χ0n) is 27.3. The third kappa shape index (κ3) is 7.22. The summed E-state index contributed by atoms with van der Waals surface area (Å²) in [6.45, 7) is 2.06. The molecule has 0 bridgehead atoms. The topological polar surface area (TPSA) is 212 Å². The number of benzene rings is 3. The largest absolute Gasteiger partial charge is 0.547 e. The van der Waals surface area contributed by atoms with Crippen LogP contribution in [0, 0.1) is 11.6 Å². The molecular formula is C33H33BClF2N5O10. The van der Waals surface area contributed by atoms with Crippen LogP contribution in [-0.4, -0.2) is 109 Å². The lowest BCUT2D eigenvalue weighted by Crippen LogP contribution is -2.56. The molecule has 0 saturated carbocycles. The molecular weight excluding hydrogens is 711 g/mol. The van der Waals surface area contributed by atoms with Gasteiger partial charge >= 0.3 is 25.1 Å². The number of aromatic hydroxyl groups is 3. The zero-order valence-corrected chi connectivity index (χ0v) is 28.0. The second kappa shape index (κ2) is 14.7. The number of likely N-dealkylation sites (tertiary alicyclic amines) is 1. The summed E-state index contributed by atoms with van der Waals surface area (Å²) in [7, 11) is -1.91. The smallest absolute Gasteiger partial charge is 0.534 e. The molecule has 5 amide bonds. The quantitative estimate of drug-likeness (QED) is 0.132. The summed E-state index contributed by atoms with van der Waals surface area (Å²) in [6, 6.07) is 5.83. The Kier molecular flexibility index (Phi) is 10.3. The van der Waals surface area contributed by atoms with Gasteiger partial charge in [0.25, 0.3) is 0 Å². The highest BCUT2D eigenvalue weighted by Crippen LogP contribution is 2.41. The molecule has 0 aliphatic carbocycles. The fourth-order valence-corrected chi connectivity index (χ4v) is 6.98. The minimum atomic E-state index is -1.92. The van der Waals surface area contributed by atoms with Crippen LogP contribution in [0.3, 0.4) is 0 Å². The average Bonchev–Trinajstić information content (AvgIpc) is 3.49. The van der Waals surface area contributed by atoms with Crippen molar-refractivity contribution >= 4 is 42.7 Å². The second-order valence-electron chi connectivity index (χ2n) is 12.7. The van der Waals surface area contributed by atoms with E-state index in [2.05, 4.69) is 15.5 Å². The summed E-state index contributed by atoms with van der Waals surface area (Å²) in [5.74, 6) is -9.21. The van der Waals surface area contributed by atoms with E-state index in [0.717, 1.165) is 16.5 Å². The van der Waals surface area contributed by atoms with Gasteiger partial charge in [-0.2, -0.15) is 0 Å². The van der Waals surface area contributed by atoms with Gasteiger partial charge < -0.3 is 45.6 Å². The molecule has 3 aliphatic rings. The van der Waals surface area contributed by atoms with Crippen molar-refractivity contribution in [1.29, 1.82) is 0 Å². The van der Waals surface area contributed by atoms with E-state index in [-0.39, 0.29) is 36.9 Å². The molecule has 274 valence electrons. The number of rotatable bonds is 8. The Morgan fingerprint density at radius 3 is 2.42 bits per heavy atom. The van der Waals surface area contributed by atoms with Crippen molar-refractivity contribution < 1.29 is 58.1 Å². The first-order valence-corrected chi connectivity index (χ1v) is 16.6. The van der Waals surface area contributed by atoms with Crippen LogP contribution in [0.15, 0.2) is 42.5 Å². The molecule has 3 heterocycles. The zero-order chi connectivity index (χ0) is 37.4. The van der Waals surface area contributed by atoms with E-state index in [1.165, 1.54) is 6.07 Å². The predicted molar refractivity (Wildman–Crippen MR) is 179 cm³/mol. The third-order valence-electron chi connectivity index (χ3n) is 9.39. The number of phenols is 3. The highest BCUT2D eigenvalue weighted by atomic mass is 35.5. The number of carboxylic acid groups (broad SMARTS) is 1. The summed E-state index contributed by atoms with van der Waals surface area (Å²) in [5.41, 5.74) is -0.271. The Bertz CT molecular complexity index is 1930. The molecule has 15 nitrogen and oxygen atoms in total. The average molecular weight is 744 g/mol. The van der Waals surface area contributed by atoms with E-state index in [4.69, 9.17) is 16.3 Å². The number of imide groups is 1. The molecule has 19 heteroatoms. The van der Waals surface area contributed by atoms with Gasteiger partial charge in [0.15, 0.2) is 17.3 Å².